The van der Waals surface area contributed by atoms with Gasteiger partial charge in [0.15, 0.2) is 0 Å². The molecule has 1 aromatic carbocycles. The van der Waals surface area contributed by atoms with E-state index >= 15 is 0 Å². The Labute approximate surface area is 109 Å². The van der Waals surface area contributed by atoms with Gasteiger partial charge in [-0.25, -0.2) is 8.42 Å². The minimum absolute atomic E-state index is 0.494. The lowest BCUT2D eigenvalue weighted by molar-refractivity contribution is -0.137. The van der Waals surface area contributed by atoms with Crippen LogP contribution in [-0.4, -0.2) is 25.8 Å². The summed E-state index contributed by atoms with van der Waals surface area (Å²) in [4.78, 5) is -0.494. The van der Waals surface area contributed by atoms with Crippen molar-refractivity contribution in [2.45, 2.75) is 24.0 Å². The molecule has 19 heavy (non-hydrogen) atoms. The fraction of sp³-hybridized carbons (Fsp3) is 0.364. The molecule has 0 aliphatic rings. The van der Waals surface area contributed by atoms with Gasteiger partial charge < -0.3 is 0 Å². The third-order valence-corrected chi connectivity index (χ3v) is 4.49. The first-order valence-electron chi connectivity index (χ1n) is 5.15. The molecular weight excluding hydrogens is 281 g/mol. The normalized spacial score (nSPS) is 14.2. The van der Waals surface area contributed by atoms with Crippen molar-refractivity contribution in [3.63, 3.8) is 0 Å². The molecule has 1 aromatic rings. The zero-order valence-electron chi connectivity index (χ0n) is 10.1. The maximum atomic E-state index is 12.5. The zero-order chi connectivity index (χ0) is 14.8. The van der Waals surface area contributed by atoms with Crippen LogP contribution in [0.2, 0.25) is 0 Å². The Kier molecular flexibility index (Phi) is 4.22. The van der Waals surface area contributed by atoms with Crippen molar-refractivity contribution in [3.05, 3.63) is 29.8 Å². The molecule has 0 aliphatic heterocycles. The maximum absolute atomic E-state index is 12.5. The minimum atomic E-state index is -4.62. The number of hydrogen-bond acceptors (Lipinski definition) is 3. The Morgan fingerprint density at radius 3 is 2.42 bits per heavy atom. The molecule has 1 rings (SSSR count). The highest BCUT2D eigenvalue weighted by Gasteiger charge is 2.33. The van der Waals surface area contributed by atoms with Crippen LogP contribution in [0, 0.1) is 11.3 Å². The summed E-state index contributed by atoms with van der Waals surface area (Å²) in [7, 11) is -2.98. The van der Waals surface area contributed by atoms with Crippen molar-refractivity contribution in [1.29, 1.82) is 5.26 Å². The lowest BCUT2D eigenvalue weighted by Gasteiger charge is -2.19. The molecule has 0 heterocycles. The first-order chi connectivity index (χ1) is 8.60. The van der Waals surface area contributed by atoms with Gasteiger partial charge in [0.2, 0.25) is 10.0 Å². The Hall–Kier alpha value is -1.59. The predicted octanol–water partition coefficient (Wildman–Crippen LogP) is 2.24. The molecule has 0 saturated heterocycles. The third kappa shape index (κ3) is 3.24. The van der Waals surface area contributed by atoms with Crippen LogP contribution in [0.15, 0.2) is 29.2 Å². The predicted molar refractivity (Wildman–Crippen MR) is 61.5 cm³/mol. The van der Waals surface area contributed by atoms with Gasteiger partial charge in [-0.05, 0) is 25.1 Å². The van der Waals surface area contributed by atoms with E-state index in [1.165, 1.54) is 6.92 Å². The molecule has 1 atom stereocenters. The van der Waals surface area contributed by atoms with E-state index in [0.717, 1.165) is 29.6 Å². The highest BCUT2D eigenvalue weighted by atomic mass is 32.2. The molecule has 0 N–H and O–H groups in total. The van der Waals surface area contributed by atoms with Crippen LogP contribution in [0.25, 0.3) is 0 Å². The fourth-order valence-electron chi connectivity index (χ4n) is 1.29. The van der Waals surface area contributed by atoms with Gasteiger partial charge in [-0.2, -0.15) is 22.7 Å². The third-order valence-electron chi connectivity index (χ3n) is 2.57. The highest BCUT2D eigenvalue weighted by molar-refractivity contribution is 7.89. The van der Waals surface area contributed by atoms with Gasteiger partial charge in [0.1, 0.15) is 6.04 Å². The van der Waals surface area contributed by atoms with Crippen LogP contribution in [-0.2, 0) is 16.2 Å². The van der Waals surface area contributed by atoms with E-state index in [2.05, 4.69) is 0 Å². The second-order valence-electron chi connectivity index (χ2n) is 3.85. The van der Waals surface area contributed by atoms with Crippen molar-refractivity contribution in [2.24, 2.45) is 0 Å². The second-order valence-corrected chi connectivity index (χ2v) is 5.85. The molecule has 4 nitrogen and oxygen atoms in total. The molecule has 0 aliphatic carbocycles. The number of rotatable bonds is 3. The van der Waals surface area contributed by atoms with Gasteiger partial charge in [-0.1, -0.05) is 6.07 Å². The van der Waals surface area contributed by atoms with E-state index in [-0.39, 0.29) is 0 Å². The van der Waals surface area contributed by atoms with Crippen LogP contribution >= 0.6 is 0 Å². The fourth-order valence-corrected chi connectivity index (χ4v) is 2.61. The summed E-state index contributed by atoms with van der Waals surface area (Å²) in [6, 6.07) is 4.15. The summed E-state index contributed by atoms with van der Waals surface area (Å²) in [5.41, 5.74) is -1.05. The molecule has 0 spiro atoms. The molecule has 0 saturated carbocycles. The number of alkyl halides is 3. The summed E-state index contributed by atoms with van der Waals surface area (Å²) in [5, 5.41) is 8.66. The maximum Gasteiger partial charge on any atom is 0.416 e. The minimum Gasteiger partial charge on any atom is -0.207 e. The summed E-state index contributed by atoms with van der Waals surface area (Å²) < 4.78 is 62.3. The molecule has 0 radical (unpaired) electrons. The number of halogens is 3. The Balaban J connectivity index is 3.28. The van der Waals surface area contributed by atoms with Crippen LogP contribution < -0.4 is 0 Å². The SMILES string of the molecule is CC(C#N)N(C)S(=O)(=O)c1cccc(C(F)(F)F)c1. The Morgan fingerprint density at radius 2 is 1.95 bits per heavy atom. The number of sulfonamides is 1. The lowest BCUT2D eigenvalue weighted by atomic mass is 10.2. The smallest absolute Gasteiger partial charge is 0.207 e. The number of hydrogen-bond donors (Lipinski definition) is 0. The number of nitrogens with zero attached hydrogens (tertiary/aromatic N) is 2. The molecule has 104 valence electrons. The summed E-state index contributed by atoms with van der Waals surface area (Å²) in [6.07, 6.45) is -4.62. The Bertz CT molecular complexity index is 605. The lowest BCUT2D eigenvalue weighted by Crippen LogP contribution is -2.34. The van der Waals surface area contributed by atoms with Crippen molar-refractivity contribution in [1.82, 2.24) is 4.31 Å². The van der Waals surface area contributed by atoms with Crippen molar-refractivity contribution in [2.75, 3.05) is 7.05 Å². The van der Waals surface area contributed by atoms with Crippen LogP contribution in [0.5, 0.6) is 0 Å². The summed E-state index contributed by atoms with van der Waals surface area (Å²) in [6.45, 7) is 1.34. The highest BCUT2D eigenvalue weighted by Crippen LogP contribution is 2.31. The standard InChI is InChI=1S/C11H11F3N2O2S/c1-8(7-15)16(2)19(17,18)10-5-3-4-9(6-10)11(12,13)14/h3-6,8H,1-2H3. The average Bonchev–Trinajstić information content (AvgIpc) is 2.36. The molecular formula is C11H11F3N2O2S. The first-order valence-corrected chi connectivity index (χ1v) is 6.59. The molecule has 0 aromatic heterocycles. The van der Waals surface area contributed by atoms with Gasteiger partial charge >= 0.3 is 6.18 Å². The molecule has 8 heteroatoms. The van der Waals surface area contributed by atoms with Gasteiger partial charge in [0.05, 0.1) is 16.5 Å². The van der Waals surface area contributed by atoms with Crippen LogP contribution in [0.4, 0.5) is 13.2 Å². The zero-order valence-corrected chi connectivity index (χ0v) is 11.0. The summed E-state index contributed by atoms with van der Waals surface area (Å²) >= 11 is 0. The molecule has 0 bridgehead atoms. The van der Waals surface area contributed by atoms with Gasteiger partial charge in [-0.3, -0.25) is 0 Å². The quantitative estimate of drug-likeness (QED) is 0.858. The number of benzene rings is 1. The van der Waals surface area contributed by atoms with Crippen molar-refractivity contribution < 1.29 is 21.6 Å². The topological polar surface area (TPSA) is 61.2 Å². The van der Waals surface area contributed by atoms with Gasteiger partial charge in [-0.15, -0.1) is 0 Å². The van der Waals surface area contributed by atoms with E-state index in [9.17, 15) is 21.6 Å². The average molecular weight is 292 g/mol. The van der Waals surface area contributed by atoms with Crippen LogP contribution in [0.1, 0.15) is 12.5 Å². The number of nitriles is 1. The van der Waals surface area contributed by atoms with E-state index in [4.69, 9.17) is 5.26 Å². The van der Waals surface area contributed by atoms with Crippen molar-refractivity contribution in [3.8, 4) is 6.07 Å². The monoisotopic (exact) mass is 292 g/mol. The second kappa shape index (κ2) is 5.19. The molecule has 0 fully saturated rings. The summed E-state index contributed by atoms with van der Waals surface area (Å²) in [5.74, 6) is 0. The van der Waals surface area contributed by atoms with Gasteiger partial charge in [0.25, 0.3) is 0 Å². The molecule has 0 amide bonds. The largest absolute Gasteiger partial charge is 0.416 e. The van der Waals surface area contributed by atoms with Crippen molar-refractivity contribution >= 4 is 10.0 Å². The van der Waals surface area contributed by atoms with E-state index < -0.39 is 32.7 Å². The van der Waals surface area contributed by atoms with E-state index in [1.807, 2.05) is 0 Å². The van der Waals surface area contributed by atoms with E-state index in [1.54, 1.807) is 6.07 Å². The first kappa shape index (κ1) is 15.5. The molecule has 1 unspecified atom stereocenters. The van der Waals surface area contributed by atoms with E-state index in [0.29, 0.717) is 6.07 Å². The Morgan fingerprint density at radius 1 is 1.37 bits per heavy atom. The van der Waals surface area contributed by atoms with Gasteiger partial charge in [0, 0.05) is 7.05 Å². The van der Waals surface area contributed by atoms with Crippen LogP contribution in [0.3, 0.4) is 0 Å².